The molecule has 0 radical (unpaired) electrons. The summed E-state index contributed by atoms with van der Waals surface area (Å²) in [6.07, 6.45) is 3.72. The Morgan fingerprint density at radius 1 is 1.60 bits per heavy atom. The van der Waals surface area contributed by atoms with Gasteiger partial charge in [-0.05, 0) is 26.0 Å². The van der Waals surface area contributed by atoms with Gasteiger partial charge in [-0.25, -0.2) is 4.98 Å². The van der Waals surface area contributed by atoms with Crippen LogP contribution in [0.4, 0.5) is 5.82 Å². The number of hydrogen-bond acceptors (Lipinski definition) is 4. The second kappa shape index (κ2) is 6.37. The summed E-state index contributed by atoms with van der Waals surface area (Å²) in [6, 6.07) is 4.18. The van der Waals surface area contributed by atoms with E-state index in [4.69, 9.17) is 10.5 Å². The average molecular weight is 209 g/mol. The van der Waals surface area contributed by atoms with Crippen molar-refractivity contribution in [3.05, 3.63) is 23.9 Å². The maximum absolute atomic E-state index is 5.82. The van der Waals surface area contributed by atoms with E-state index in [-0.39, 0.29) is 6.04 Å². The van der Waals surface area contributed by atoms with Crippen LogP contribution in [-0.4, -0.2) is 25.7 Å². The van der Waals surface area contributed by atoms with Crippen molar-refractivity contribution >= 4 is 5.82 Å². The normalized spacial score (nSPS) is 12.7. The molecule has 1 heterocycles. The van der Waals surface area contributed by atoms with E-state index in [1.807, 2.05) is 19.2 Å². The molecule has 0 aliphatic heterocycles. The first-order valence-corrected chi connectivity index (χ1v) is 5.16. The van der Waals surface area contributed by atoms with Gasteiger partial charge in [0.2, 0.25) is 0 Å². The molecule has 1 atom stereocenters. The van der Waals surface area contributed by atoms with E-state index in [1.165, 1.54) is 0 Å². The van der Waals surface area contributed by atoms with Crippen LogP contribution in [-0.2, 0) is 4.74 Å². The molecular weight excluding hydrogens is 190 g/mol. The third-order valence-corrected chi connectivity index (χ3v) is 2.44. The highest BCUT2D eigenvalue weighted by Gasteiger charge is 2.11. The van der Waals surface area contributed by atoms with Crippen molar-refractivity contribution in [1.29, 1.82) is 0 Å². The highest BCUT2D eigenvalue weighted by atomic mass is 16.5. The molecule has 0 aromatic carbocycles. The molecule has 1 aromatic rings. The number of nitrogen functional groups attached to an aromatic ring is 1. The Bertz CT molecular complexity index is 291. The number of nitrogens with one attached hydrogen (secondary N) is 1. The van der Waals surface area contributed by atoms with Crippen molar-refractivity contribution in [2.24, 2.45) is 0 Å². The lowest BCUT2D eigenvalue weighted by molar-refractivity contribution is 0.189. The molecule has 0 fully saturated rings. The zero-order valence-electron chi connectivity index (χ0n) is 9.36. The van der Waals surface area contributed by atoms with E-state index in [0.29, 0.717) is 5.82 Å². The highest BCUT2D eigenvalue weighted by molar-refractivity contribution is 5.40. The standard InChI is InChI=1S/C11H19N3O/c1-13-10(6-4-8-15-2)9-5-3-7-14-11(9)12/h3,5,7,10,13H,4,6,8H2,1-2H3,(H2,12,14). The monoisotopic (exact) mass is 209 g/mol. The van der Waals surface area contributed by atoms with Crippen molar-refractivity contribution in [3.8, 4) is 0 Å². The lowest BCUT2D eigenvalue weighted by Crippen LogP contribution is -2.18. The maximum Gasteiger partial charge on any atom is 0.128 e. The number of rotatable bonds is 6. The van der Waals surface area contributed by atoms with E-state index in [1.54, 1.807) is 13.3 Å². The number of hydrogen-bond donors (Lipinski definition) is 2. The zero-order valence-corrected chi connectivity index (χ0v) is 9.36. The number of nitrogens with zero attached hydrogens (tertiary/aromatic N) is 1. The summed E-state index contributed by atoms with van der Waals surface area (Å²) < 4.78 is 5.03. The van der Waals surface area contributed by atoms with Gasteiger partial charge in [0.25, 0.3) is 0 Å². The molecule has 4 heteroatoms. The molecule has 1 unspecified atom stereocenters. The summed E-state index contributed by atoms with van der Waals surface area (Å²) in [5.74, 6) is 0.606. The van der Waals surface area contributed by atoms with Crippen molar-refractivity contribution in [2.45, 2.75) is 18.9 Å². The Hall–Kier alpha value is -1.13. The molecule has 4 nitrogen and oxygen atoms in total. The van der Waals surface area contributed by atoms with E-state index in [2.05, 4.69) is 10.3 Å². The van der Waals surface area contributed by atoms with Gasteiger partial charge in [-0.3, -0.25) is 0 Å². The Balaban J connectivity index is 2.61. The van der Waals surface area contributed by atoms with Crippen LogP contribution >= 0.6 is 0 Å². The molecule has 0 amide bonds. The van der Waals surface area contributed by atoms with E-state index >= 15 is 0 Å². The minimum atomic E-state index is 0.258. The van der Waals surface area contributed by atoms with Crippen molar-refractivity contribution in [1.82, 2.24) is 10.3 Å². The third kappa shape index (κ3) is 3.49. The lowest BCUT2D eigenvalue weighted by Gasteiger charge is -2.17. The highest BCUT2D eigenvalue weighted by Crippen LogP contribution is 2.21. The minimum absolute atomic E-state index is 0.258. The van der Waals surface area contributed by atoms with Gasteiger partial charge in [-0.15, -0.1) is 0 Å². The number of methoxy groups -OCH3 is 1. The molecule has 0 aliphatic carbocycles. The van der Waals surface area contributed by atoms with Crippen LogP contribution in [0.2, 0.25) is 0 Å². The van der Waals surface area contributed by atoms with Gasteiger partial charge < -0.3 is 15.8 Å². The molecule has 0 saturated carbocycles. The predicted molar refractivity (Wildman–Crippen MR) is 61.6 cm³/mol. The van der Waals surface area contributed by atoms with Crippen molar-refractivity contribution < 1.29 is 4.74 Å². The van der Waals surface area contributed by atoms with Crippen LogP contribution in [0.3, 0.4) is 0 Å². The summed E-state index contributed by atoms with van der Waals surface area (Å²) in [7, 11) is 3.65. The fourth-order valence-corrected chi connectivity index (χ4v) is 1.61. The fraction of sp³-hybridized carbons (Fsp3) is 0.545. The van der Waals surface area contributed by atoms with E-state index in [9.17, 15) is 0 Å². The average Bonchev–Trinajstić information content (AvgIpc) is 2.26. The van der Waals surface area contributed by atoms with Gasteiger partial charge in [0.15, 0.2) is 0 Å². The van der Waals surface area contributed by atoms with Crippen molar-refractivity contribution in [3.63, 3.8) is 0 Å². The van der Waals surface area contributed by atoms with Crippen LogP contribution in [0.1, 0.15) is 24.4 Å². The number of pyridine rings is 1. The number of nitrogens with two attached hydrogens (primary N) is 1. The molecular formula is C11H19N3O. The largest absolute Gasteiger partial charge is 0.385 e. The van der Waals surface area contributed by atoms with Crippen LogP contribution < -0.4 is 11.1 Å². The van der Waals surface area contributed by atoms with Crippen molar-refractivity contribution in [2.75, 3.05) is 26.5 Å². The van der Waals surface area contributed by atoms with Gasteiger partial charge in [0.05, 0.1) is 0 Å². The molecule has 3 N–H and O–H groups in total. The molecule has 0 spiro atoms. The Kier molecular flexibility index (Phi) is 5.07. The van der Waals surface area contributed by atoms with E-state index in [0.717, 1.165) is 25.0 Å². The second-order valence-electron chi connectivity index (χ2n) is 3.45. The minimum Gasteiger partial charge on any atom is -0.385 e. The third-order valence-electron chi connectivity index (χ3n) is 2.44. The lowest BCUT2D eigenvalue weighted by atomic mass is 10.0. The molecule has 0 aliphatic rings. The SMILES string of the molecule is CNC(CCCOC)c1cccnc1N. The molecule has 15 heavy (non-hydrogen) atoms. The predicted octanol–water partition coefficient (Wildman–Crippen LogP) is 1.35. The van der Waals surface area contributed by atoms with Gasteiger partial charge in [-0.1, -0.05) is 6.07 Å². The fourth-order valence-electron chi connectivity index (χ4n) is 1.61. The molecule has 1 rings (SSSR count). The molecule has 84 valence electrons. The first kappa shape index (κ1) is 11.9. The quantitative estimate of drug-likeness (QED) is 0.694. The summed E-state index contributed by atoms with van der Waals surface area (Å²) in [4.78, 5) is 4.08. The Labute approximate surface area is 90.8 Å². The molecule has 0 bridgehead atoms. The number of anilines is 1. The number of aromatic nitrogens is 1. The molecule has 0 saturated heterocycles. The summed E-state index contributed by atoms with van der Waals surface area (Å²) >= 11 is 0. The zero-order chi connectivity index (χ0) is 11.1. The van der Waals surface area contributed by atoms with Gasteiger partial charge in [0, 0.05) is 31.5 Å². The first-order valence-electron chi connectivity index (χ1n) is 5.16. The maximum atomic E-state index is 5.82. The van der Waals surface area contributed by atoms with Crippen LogP contribution in [0.25, 0.3) is 0 Å². The van der Waals surface area contributed by atoms with Gasteiger partial charge >= 0.3 is 0 Å². The first-order chi connectivity index (χ1) is 7.29. The van der Waals surface area contributed by atoms with Gasteiger partial charge in [-0.2, -0.15) is 0 Å². The smallest absolute Gasteiger partial charge is 0.128 e. The van der Waals surface area contributed by atoms with E-state index < -0.39 is 0 Å². The topological polar surface area (TPSA) is 60.2 Å². The summed E-state index contributed by atoms with van der Waals surface area (Å²) in [5.41, 5.74) is 6.88. The second-order valence-corrected chi connectivity index (χ2v) is 3.45. The Morgan fingerprint density at radius 3 is 3.00 bits per heavy atom. The summed E-state index contributed by atoms with van der Waals surface area (Å²) in [5, 5.41) is 3.24. The van der Waals surface area contributed by atoms with Crippen LogP contribution in [0, 0.1) is 0 Å². The van der Waals surface area contributed by atoms with Gasteiger partial charge in [0.1, 0.15) is 5.82 Å². The molecule has 1 aromatic heterocycles. The van der Waals surface area contributed by atoms with Crippen LogP contribution in [0.15, 0.2) is 18.3 Å². The summed E-state index contributed by atoms with van der Waals surface area (Å²) in [6.45, 7) is 0.776. The van der Waals surface area contributed by atoms with Crippen LogP contribution in [0.5, 0.6) is 0 Å². The number of ether oxygens (including phenoxy) is 1. The Morgan fingerprint density at radius 2 is 2.40 bits per heavy atom.